The number of amides is 1. The molecule has 1 amide bonds. The molecule has 10 heteroatoms. The molecular formula is C16H10FN7OS. The van der Waals surface area contributed by atoms with Crippen LogP contribution in [0, 0.1) is 5.82 Å². The maximum absolute atomic E-state index is 13.3. The van der Waals surface area contributed by atoms with E-state index in [-0.39, 0.29) is 5.91 Å². The summed E-state index contributed by atoms with van der Waals surface area (Å²) in [5.41, 5.74) is 1.79. The smallest absolute Gasteiger partial charge is 0.276 e. The molecule has 4 aromatic heterocycles. The number of anilines is 1. The third-order valence-electron chi connectivity index (χ3n) is 3.41. The zero-order valence-electron chi connectivity index (χ0n) is 13.1. The number of thiazole rings is 1. The Morgan fingerprint density at radius 1 is 1.15 bits per heavy atom. The first-order chi connectivity index (χ1) is 12.7. The molecule has 0 aromatic carbocycles. The van der Waals surface area contributed by atoms with E-state index in [1.807, 2.05) is 0 Å². The number of pyridine rings is 1. The molecule has 26 heavy (non-hydrogen) atoms. The van der Waals surface area contributed by atoms with Crippen molar-refractivity contribution in [3.63, 3.8) is 0 Å². The Balaban J connectivity index is 1.56. The molecule has 128 valence electrons. The van der Waals surface area contributed by atoms with E-state index in [4.69, 9.17) is 0 Å². The molecule has 0 saturated carbocycles. The summed E-state index contributed by atoms with van der Waals surface area (Å²) in [6.07, 6.45) is 8.84. The molecule has 0 aliphatic rings. The molecule has 0 fully saturated rings. The Kier molecular flexibility index (Phi) is 4.15. The lowest BCUT2D eigenvalue weighted by molar-refractivity contribution is 0.102. The van der Waals surface area contributed by atoms with Gasteiger partial charge in [0.15, 0.2) is 5.13 Å². The molecule has 0 unspecified atom stereocenters. The van der Waals surface area contributed by atoms with Crippen molar-refractivity contribution in [2.75, 3.05) is 5.32 Å². The first kappa shape index (κ1) is 16.0. The molecule has 1 N–H and O–H groups in total. The molecule has 0 aliphatic heterocycles. The molecule has 8 nitrogen and oxygen atoms in total. The molecule has 0 aliphatic carbocycles. The van der Waals surface area contributed by atoms with Crippen LogP contribution in [0.2, 0.25) is 0 Å². The van der Waals surface area contributed by atoms with Gasteiger partial charge in [0.2, 0.25) is 0 Å². The Hall–Kier alpha value is -3.53. The van der Waals surface area contributed by atoms with Crippen LogP contribution in [0.4, 0.5) is 9.52 Å². The van der Waals surface area contributed by atoms with Gasteiger partial charge < -0.3 is 0 Å². The van der Waals surface area contributed by atoms with Crippen LogP contribution in [0.15, 0.2) is 55.0 Å². The number of imidazole rings is 1. The van der Waals surface area contributed by atoms with E-state index in [9.17, 15) is 9.18 Å². The summed E-state index contributed by atoms with van der Waals surface area (Å²) in [7, 11) is 0. The van der Waals surface area contributed by atoms with Crippen molar-refractivity contribution in [2.24, 2.45) is 0 Å². The van der Waals surface area contributed by atoms with Gasteiger partial charge in [0.1, 0.15) is 23.5 Å². The summed E-state index contributed by atoms with van der Waals surface area (Å²) in [6, 6.07) is 2.54. The molecular weight excluding hydrogens is 357 g/mol. The van der Waals surface area contributed by atoms with Crippen molar-refractivity contribution >= 4 is 22.4 Å². The van der Waals surface area contributed by atoms with Crippen LogP contribution in [0.3, 0.4) is 0 Å². The lowest BCUT2D eigenvalue weighted by Crippen LogP contribution is -2.16. The van der Waals surface area contributed by atoms with Crippen LogP contribution < -0.4 is 5.32 Å². The van der Waals surface area contributed by atoms with E-state index < -0.39 is 5.82 Å². The average Bonchev–Trinajstić information content (AvgIpc) is 3.32. The summed E-state index contributed by atoms with van der Waals surface area (Å²) < 4.78 is 14.9. The van der Waals surface area contributed by atoms with Crippen molar-refractivity contribution in [3.8, 4) is 17.1 Å². The second-order valence-electron chi connectivity index (χ2n) is 5.10. The van der Waals surface area contributed by atoms with Gasteiger partial charge in [-0.2, -0.15) is 0 Å². The first-order valence-electron chi connectivity index (χ1n) is 7.37. The second-order valence-corrected chi connectivity index (χ2v) is 5.95. The van der Waals surface area contributed by atoms with Crippen LogP contribution >= 0.6 is 11.3 Å². The molecule has 4 heterocycles. The quantitative estimate of drug-likeness (QED) is 0.595. The highest BCUT2D eigenvalue weighted by molar-refractivity contribution is 7.14. The fourth-order valence-corrected chi connectivity index (χ4v) is 2.94. The second kappa shape index (κ2) is 6.76. The maximum atomic E-state index is 13.3. The fourth-order valence-electron chi connectivity index (χ4n) is 2.24. The minimum absolute atomic E-state index is 0.306. The number of aromatic nitrogens is 6. The highest BCUT2D eigenvalue weighted by Crippen LogP contribution is 2.24. The van der Waals surface area contributed by atoms with Crippen molar-refractivity contribution in [2.45, 2.75) is 0 Å². The van der Waals surface area contributed by atoms with E-state index in [0.717, 1.165) is 0 Å². The zero-order chi connectivity index (χ0) is 17.9. The van der Waals surface area contributed by atoms with Gasteiger partial charge in [-0.1, -0.05) is 0 Å². The summed E-state index contributed by atoms with van der Waals surface area (Å²) in [5, 5.41) is 4.77. The normalized spacial score (nSPS) is 10.7. The van der Waals surface area contributed by atoms with Gasteiger partial charge in [0.25, 0.3) is 5.91 Å². The number of hydrogen-bond donors (Lipinski definition) is 1. The van der Waals surface area contributed by atoms with Gasteiger partial charge in [-0.05, 0) is 6.07 Å². The molecule has 0 spiro atoms. The number of carbonyl (C=O) groups excluding carboxylic acids is 1. The lowest BCUT2D eigenvalue weighted by Gasteiger charge is -2.06. The van der Waals surface area contributed by atoms with E-state index >= 15 is 0 Å². The van der Waals surface area contributed by atoms with Crippen LogP contribution in [0.25, 0.3) is 17.1 Å². The standard InChI is InChI=1S/C16H10FN7OS/c17-10-1-2-21-12(3-10)13-7-26-16(22-13)23-15(25)14-6-20-9-24(14)11-4-18-8-19-5-11/h1-9H,(H,22,23,25). The van der Waals surface area contributed by atoms with Crippen molar-refractivity contribution in [1.82, 2.24) is 29.5 Å². The van der Waals surface area contributed by atoms with Gasteiger partial charge >= 0.3 is 0 Å². The Morgan fingerprint density at radius 3 is 2.81 bits per heavy atom. The first-order valence-corrected chi connectivity index (χ1v) is 8.25. The number of nitrogens with zero attached hydrogens (tertiary/aromatic N) is 6. The third kappa shape index (κ3) is 3.17. The average molecular weight is 367 g/mol. The third-order valence-corrected chi connectivity index (χ3v) is 4.16. The molecule has 4 rings (SSSR count). The molecule has 0 bridgehead atoms. The predicted octanol–water partition coefficient (Wildman–Crippen LogP) is 2.57. The fraction of sp³-hybridized carbons (Fsp3) is 0. The minimum Gasteiger partial charge on any atom is -0.296 e. The van der Waals surface area contributed by atoms with Crippen LogP contribution in [0.5, 0.6) is 0 Å². The largest absolute Gasteiger partial charge is 0.296 e. The molecule has 0 radical (unpaired) electrons. The van der Waals surface area contributed by atoms with E-state index in [0.29, 0.717) is 27.9 Å². The number of carbonyl (C=O) groups is 1. The topological polar surface area (TPSA) is 98.5 Å². The van der Waals surface area contributed by atoms with E-state index in [1.165, 1.54) is 48.5 Å². The van der Waals surface area contributed by atoms with Crippen LogP contribution in [-0.4, -0.2) is 35.4 Å². The van der Waals surface area contributed by atoms with Gasteiger partial charge in [-0.15, -0.1) is 11.3 Å². The van der Waals surface area contributed by atoms with E-state index in [1.54, 1.807) is 22.3 Å². The monoisotopic (exact) mass is 367 g/mol. The zero-order valence-corrected chi connectivity index (χ0v) is 13.9. The highest BCUT2D eigenvalue weighted by Gasteiger charge is 2.16. The van der Waals surface area contributed by atoms with Crippen molar-refractivity contribution in [3.05, 3.63) is 66.5 Å². The van der Waals surface area contributed by atoms with E-state index in [2.05, 4.69) is 30.2 Å². The molecule has 0 saturated heterocycles. The van der Waals surface area contributed by atoms with Crippen LogP contribution in [0.1, 0.15) is 10.5 Å². The summed E-state index contributed by atoms with van der Waals surface area (Å²) in [5.74, 6) is -0.790. The number of halogens is 1. The number of nitrogens with one attached hydrogen (secondary N) is 1. The van der Waals surface area contributed by atoms with Gasteiger partial charge in [0.05, 0.1) is 36.3 Å². The van der Waals surface area contributed by atoms with Gasteiger partial charge in [-0.25, -0.2) is 24.3 Å². The SMILES string of the molecule is O=C(Nc1nc(-c2cc(F)ccn2)cs1)c1cncn1-c1cncnc1. The molecule has 4 aromatic rings. The van der Waals surface area contributed by atoms with Crippen molar-refractivity contribution in [1.29, 1.82) is 0 Å². The van der Waals surface area contributed by atoms with Crippen molar-refractivity contribution < 1.29 is 9.18 Å². The number of rotatable bonds is 4. The predicted molar refractivity (Wildman–Crippen MR) is 92.4 cm³/mol. The summed E-state index contributed by atoms with van der Waals surface area (Å²) in [4.78, 5) is 32.8. The molecule has 0 atom stereocenters. The van der Waals surface area contributed by atoms with Gasteiger partial charge in [0, 0.05) is 17.6 Å². The number of hydrogen-bond acceptors (Lipinski definition) is 7. The Bertz CT molecular complexity index is 1060. The summed E-state index contributed by atoms with van der Waals surface area (Å²) >= 11 is 1.22. The highest BCUT2D eigenvalue weighted by atomic mass is 32.1. The Morgan fingerprint density at radius 2 is 2.00 bits per heavy atom. The minimum atomic E-state index is -0.400. The summed E-state index contributed by atoms with van der Waals surface area (Å²) in [6.45, 7) is 0. The lowest BCUT2D eigenvalue weighted by atomic mass is 10.3. The maximum Gasteiger partial charge on any atom is 0.276 e. The Labute approximate surface area is 150 Å². The van der Waals surface area contributed by atoms with Gasteiger partial charge in [-0.3, -0.25) is 19.7 Å². The van der Waals surface area contributed by atoms with Crippen LogP contribution in [-0.2, 0) is 0 Å².